The molecule has 0 fully saturated rings. The van der Waals surface area contributed by atoms with E-state index in [1.165, 1.54) is 23.1 Å². The van der Waals surface area contributed by atoms with E-state index in [9.17, 15) is 0 Å². The van der Waals surface area contributed by atoms with Crippen LogP contribution in [0.4, 0.5) is 0 Å². The SMILES string of the molecule is CC1=C(C)C2=C(C1)c1ccccc1C2. The fourth-order valence-electron chi connectivity index (χ4n) is 2.64. The summed E-state index contributed by atoms with van der Waals surface area (Å²) in [5.41, 5.74) is 9.31. The van der Waals surface area contributed by atoms with Crippen molar-refractivity contribution in [3.05, 3.63) is 52.1 Å². The lowest BCUT2D eigenvalue weighted by molar-refractivity contribution is 1.15. The molecule has 0 nitrogen and oxygen atoms in total. The molecule has 0 spiro atoms. The molecule has 0 aromatic heterocycles. The Morgan fingerprint density at radius 3 is 2.57 bits per heavy atom. The molecule has 14 heavy (non-hydrogen) atoms. The molecule has 3 rings (SSSR count). The van der Waals surface area contributed by atoms with Crippen LogP contribution in [0.15, 0.2) is 41.0 Å². The topological polar surface area (TPSA) is 0 Å². The summed E-state index contributed by atoms with van der Waals surface area (Å²) < 4.78 is 0. The zero-order valence-electron chi connectivity index (χ0n) is 8.72. The molecule has 0 aliphatic heterocycles. The summed E-state index contributed by atoms with van der Waals surface area (Å²) in [6, 6.07) is 8.82. The molecule has 0 heterocycles. The predicted molar refractivity (Wildman–Crippen MR) is 60.1 cm³/mol. The third-order valence-electron chi connectivity index (χ3n) is 3.61. The molecule has 2 aliphatic rings. The first-order valence-electron chi connectivity index (χ1n) is 5.24. The molecule has 2 aliphatic carbocycles. The molecular formula is C14H14. The van der Waals surface area contributed by atoms with Gasteiger partial charge in [0.15, 0.2) is 0 Å². The Kier molecular flexibility index (Phi) is 1.49. The maximum atomic E-state index is 2.27. The van der Waals surface area contributed by atoms with Gasteiger partial charge in [0, 0.05) is 0 Å². The monoisotopic (exact) mass is 182 g/mol. The van der Waals surface area contributed by atoms with Gasteiger partial charge in [-0.15, -0.1) is 0 Å². The smallest absolute Gasteiger partial charge is 0.00140 e. The van der Waals surface area contributed by atoms with Gasteiger partial charge in [-0.3, -0.25) is 0 Å². The predicted octanol–water partition coefficient (Wildman–Crippen LogP) is 3.74. The van der Waals surface area contributed by atoms with Crippen molar-refractivity contribution in [2.45, 2.75) is 26.7 Å². The summed E-state index contributed by atoms with van der Waals surface area (Å²) in [4.78, 5) is 0. The summed E-state index contributed by atoms with van der Waals surface area (Å²) in [6.45, 7) is 4.53. The molecule has 1 aromatic rings. The first kappa shape index (κ1) is 8.05. The van der Waals surface area contributed by atoms with Crippen molar-refractivity contribution in [3.8, 4) is 0 Å². The number of fused-ring (bicyclic) bond motifs is 2. The molecule has 0 radical (unpaired) electrons. The van der Waals surface area contributed by atoms with Crippen LogP contribution < -0.4 is 0 Å². The van der Waals surface area contributed by atoms with E-state index in [2.05, 4.69) is 38.1 Å². The van der Waals surface area contributed by atoms with E-state index in [-0.39, 0.29) is 0 Å². The Bertz CT molecular complexity index is 473. The second-order valence-electron chi connectivity index (χ2n) is 4.37. The lowest BCUT2D eigenvalue weighted by Crippen LogP contribution is -1.88. The lowest BCUT2D eigenvalue weighted by atomic mass is 10.0. The zero-order chi connectivity index (χ0) is 9.71. The Hall–Kier alpha value is -1.30. The average Bonchev–Trinajstić information content (AvgIpc) is 2.67. The van der Waals surface area contributed by atoms with E-state index in [4.69, 9.17) is 0 Å². The van der Waals surface area contributed by atoms with E-state index in [1.807, 2.05) is 0 Å². The van der Waals surface area contributed by atoms with Crippen molar-refractivity contribution in [3.63, 3.8) is 0 Å². The molecule has 0 saturated heterocycles. The first-order chi connectivity index (χ1) is 6.77. The molecule has 0 N–H and O–H groups in total. The summed E-state index contributed by atoms with van der Waals surface area (Å²) >= 11 is 0. The highest BCUT2D eigenvalue weighted by molar-refractivity contribution is 5.84. The normalized spacial score (nSPS) is 19.0. The standard InChI is InChI=1S/C14H14/c1-9-7-14-12-6-4-3-5-11(12)8-13(14)10(9)2/h3-6H,7-8H2,1-2H3. The molecule has 0 atom stereocenters. The fraction of sp³-hybridized carbons (Fsp3) is 0.286. The fourth-order valence-corrected chi connectivity index (χ4v) is 2.64. The van der Waals surface area contributed by atoms with Crippen molar-refractivity contribution >= 4 is 5.57 Å². The van der Waals surface area contributed by atoms with E-state index in [0.29, 0.717) is 0 Å². The Balaban J connectivity index is 2.15. The van der Waals surface area contributed by atoms with Gasteiger partial charge in [-0.25, -0.2) is 0 Å². The van der Waals surface area contributed by atoms with Gasteiger partial charge in [0.05, 0.1) is 0 Å². The van der Waals surface area contributed by atoms with Crippen LogP contribution in [-0.4, -0.2) is 0 Å². The molecule has 0 unspecified atom stereocenters. The minimum atomic E-state index is 1.16. The van der Waals surface area contributed by atoms with Crippen LogP contribution in [0.5, 0.6) is 0 Å². The molecule has 0 saturated carbocycles. The number of benzene rings is 1. The minimum Gasteiger partial charge on any atom is -0.0657 e. The van der Waals surface area contributed by atoms with Crippen molar-refractivity contribution in [1.82, 2.24) is 0 Å². The van der Waals surface area contributed by atoms with E-state index in [0.717, 1.165) is 6.42 Å². The third-order valence-corrected chi connectivity index (χ3v) is 3.61. The van der Waals surface area contributed by atoms with Crippen LogP contribution in [0.3, 0.4) is 0 Å². The van der Waals surface area contributed by atoms with Crippen molar-refractivity contribution in [2.24, 2.45) is 0 Å². The van der Waals surface area contributed by atoms with Gasteiger partial charge >= 0.3 is 0 Å². The Morgan fingerprint density at radius 2 is 1.71 bits per heavy atom. The number of hydrogen-bond acceptors (Lipinski definition) is 0. The van der Waals surface area contributed by atoms with Gasteiger partial charge in [0.1, 0.15) is 0 Å². The van der Waals surface area contributed by atoms with Crippen LogP contribution >= 0.6 is 0 Å². The van der Waals surface area contributed by atoms with Crippen LogP contribution in [-0.2, 0) is 6.42 Å². The third kappa shape index (κ3) is 0.886. The number of allylic oxidation sites excluding steroid dienone is 4. The van der Waals surface area contributed by atoms with Gasteiger partial charge in [-0.1, -0.05) is 29.8 Å². The van der Waals surface area contributed by atoms with E-state index >= 15 is 0 Å². The quantitative estimate of drug-likeness (QED) is 0.573. The lowest BCUT2D eigenvalue weighted by Gasteiger charge is -2.04. The number of hydrogen-bond donors (Lipinski definition) is 0. The zero-order valence-corrected chi connectivity index (χ0v) is 8.72. The highest BCUT2D eigenvalue weighted by Crippen LogP contribution is 2.45. The van der Waals surface area contributed by atoms with Crippen LogP contribution in [0.2, 0.25) is 0 Å². The van der Waals surface area contributed by atoms with Gasteiger partial charge < -0.3 is 0 Å². The van der Waals surface area contributed by atoms with E-state index < -0.39 is 0 Å². The van der Waals surface area contributed by atoms with E-state index in [1.54, 1.807) is 16.7 Å². The Labute approximate surface area is 85.0 Å². The summed E-state index contributed by atoms with van der Waals surface area (Å²) in [6.07, 6.45) is 2.34. The summed E-state index contributed by atoms with van der Waals surface area (Å²) in [5.74, 6) is 0. The van der Waals surface area contributed by atoms with Crippen LogP contribution in [0.1, 0.15) is 31.4 Å². The van der Waals surface area contributed by atoms with Crippen molar-refractivity contribution < 1.29 is 0 Å². The highest BCUT2D eigenvalue weighted by Gasteiger charge is 2.27. The van der Waals surface area contributed by atoms with Crippen molar-refractivity contribution in [2.75, 3.05) is 0 Å². The minimum absolute atomic E-state index is 1.16. The maximum absolute atomic E-state index is 2.27. The van der Waals surface area contributed by atoms with Gasteiger partial charge in [-0.05, 0) is 54.5 Å². The number of rotatable bonds is 0. The largest absolute Gasteiger partial charge is 0.0657 e. The molecule has 0 amide bonds. The average molecular weight is 182 g/mol. The molecule has 0 bridgehead atoms. The molecular weight excluding hydrogens is 168 g/mol. The van der Waals surface area contributed by atoms with Crippen molar-refractivity contribution in [1.29, 1.82) is 0 Å². The van der Waals surface area contributed by atoms with Crippen LogP contribution in [0, 0.1) is 0 Å². The highest BCUT2D eigenvalue weighted by atomic mass is 14.3. The Morgan fingerprint density at radius 1 is 0.929 bits per heavy atom. The van der Waals surface area contributed by atoms with Gasteiger partial charge in [0.2, 0.25) is 0 Å². The summed E-state index contributed by atoms with van der Waals surface area (Å²) in [7, 11) is 0. The van der Waals surface area contributed by atoms with Crippen LogP contribution in [0.25, 0.3) is 5.57 Å². The van der Waals surface area contributed by atoms with Gasteiger partial charge in [0.25, 0.3) is 0 Å². The first-order valence-corrected chi connectivity index (χ1v) is 5.24. The summed E-state index contributed by atoms with van der Waals surface area (Å²) in [5, 5.41) is 0. The molecule has 1 aromatic carbocycles. The maximum Gasteiger partial charge on any atom is -0.00140 e. The second-order valence-corrected chi connectivity index (χ2v) is 4.37. The molecule has 70 valence electrons. The second kappa shape index (κ2) is 2.60. The molecule has 0 heteroatoms. The van der Waals surface area contributed by atoms with Gasteiger partial charge in [-0.2, -0.15) is 0 Å².